The smallest absolute Gasteiger partial charge is 0.372 e. The fraction of sp³-hybridized carbons (Fsp3) is 0.429. The second-order valence-electron chi connectivity index (χ2n) is 7.22. The third-order valence-corrected chi connectivity index (χ3v) is 7.55. The molecule has 0 bridgehead atoms. The van der Waals surface area contributed by atoms with Crippen LogP contribution in [0.3, 0.4) is 0 Å². The van der Waals surface area contributed by atoms with Crippen LogP contribution in [0.25, 0.3) is 0 Å². The number of halogens is 3. The van der Waals surface area contributed by atoms with Crippen molar-refractivity contribution in [3.05, 3.63) is 48.5 Å². The Hall–Kier alpha value is -1.74. The van der Waals surface area contributed by atoms with Crippen LogP contribution in [0.15, 0.2) is 48.5 Å². The van der Waals surface area contributed by atoms with Gasteiger partial charge >= 0.3 is 5.92 Å². The van der Waals surface area contributed by atoms with E-state index in [0.717, 1.165) is 63.2 Å². The Balaban J connectivity index is 1.59. The summed E-state index contributed by atoms with van der Waals surface area (Å²) in [6, 6.07) is 14.1. The van der Waals surface area contributed by atoms with Crippen LogP contribution in [-0.2, 0) is 0 Å². The van der Waals surface area contributed by atoms with Gasteiger partial charge in [-0.25, -0.2) is 0 Å². The number of rotatable bonds is 4. The minimum atomic E-state index is -4.25. The van der Waals surface area contributed by atoms with Crippen LogP contribution in [0.1, 0.15) is 25.7 Å². The highest BCUT2D eigenvalue weighted by Crippen LogP contribution is 2.51. The van der Waals surface area contributed by atoms with Gasteiger partial charge in [-0.1, -0.05) is 24.3 Å². The summed E-state index contributed by atoms with van der Waals surface area (Å²) < 4.78 is 41.7. The maximum absolute atomic E-state index is 13.9. The quantitative estimate of drug-likeness (QED) is 0.687. The minimum Gasteiger partial charge on any atom is -0.372 e. The first kappa shape index (κ1) is 18.6. The molecule has 0 aromatic heterocycles. The maximum atomic E-state index is 13.9. The van der Waals surface area contributed by atoms with Crippen molar-refractivity contribution >= 4 is 29.9 Å². The van der Waals surface area contributed by atoms with Gasteiger partial charge in [0, 0.05) is 37.6 Å². The molecular weight excluding hydrogens is 368 g/mol. The van der Waals surface area contributed by atoms with Crippen LogP contribution < -0.4 is 20.4 Å². The molecule has 27 heavy (non-hydrogen) atoms. The van der Waals surface area contributed by atoms with Crippen molar-refractivity contribution < 1.29 is 13.2 Å². The van der Waals surface area contributed by atoms with E-state index in [0.29, 0.717) is 10.6 Å². The van der Waals surface area contributed by atoms with Gasteiger partial charge in [-0.15, -0.1) is 0 Å². The lowest BCUT2D eigenvalue weighted by molar-refractivity contribution is -0.0379. The van der Waals surface area contributed by atoms with Gasteiger partial charge in [-0.3, -0.25) is 0 Å². The van der Waals surface area contributed by atoms with E-state index >= 15 is 0 Å². The van der Waals surface area contributed by atoms with E-state index in [1.807, 2.05) is 24.3 Å². The lowest BCUT2D eigenvalue weighted by Crippen LogP contribution is -2.24. The van der Waals surface area contributed by atoms with Crippen LogP contribution in [0.4, 0.5) is 24.5 Å². The molecule has 0 saturated carbocycles. The van der Waals surface area contributed by atoms with E-state index < -0.39 is 13.8 Å². The number of alkyl halides is 3. The summed E-state index contributed by atoms with van der Waals surface area (Å²) in [5.74, 6) is -4.25. The molecule has 6 heteroatoms. The van der Waals surface area contributed by atoms with Gasteiger partial charge in [0.05, 0.1) is 7.92 Å². The van der Waals surface area contributed by atoms with Gasteiger partial charge in [0.15, 0.2) is 0 Å². The van der Waals surface area contributed by atoms with Crippen molar-refractivity contribution in [3.63, 3.8) is 0 Å². The predicted molar refractivity (Wildman–Crippen MR) is 108 cm³/mol. The molecule has 2 aromatic rings. The predicted octanol–water partition coefficient (Wildman–Crippen LogP) is 4.84. The lowest BCUT2D eigenvalue weighted by atomic mass is 10.3. The molecule has 0 unspecified atom stereocenters. The molecule has 2 heterocycles. The van der Waals surface area contributed by atoms with Crippen LogP contribution in [-0.4, -0.2) is 32.1 Å². The zero-order chi connectivity index (χ0) is 18.9. The minimum absolute atomic E-state index is 0.370. The Morgan fingerprint density at radius 3 is 1.22 bits per heavy atom. The molecule has 0 N–H and O–H groups in total. The van der Waals surface area contributed by atoms with Crippen LogP contribution in [0.2, 0.25) is 0 Å². The summed E-state index contributed by atoms with van der Waals surface area (Å²) in [5, 5.41) is 0.740. The van der Waals surface area contributed by atoms with Gasteiger partial charge < -0.3 is 9.80 Å². The van der Waals surface area contributed by atoms with Crippen LogP contribution in [0, 0.1) is 0 Å². The molecule has 2 aliphatic rings. The highest BCUT2D eigenvalue weighted by molar-refractivity contribution is 7.73. The molecule has 0 spiro atoms. The molecule has 144 valence electrons. The molecule has 0 amide bonds. The number of anilines is 2. The fourth-order valence-electron chi connectivity index (χ4n) is 4.02. The number of hydrogen-bond donors (Lipinski definition) is 0. The van der Waals surface area contributed by atoms with Crippen molar-refractivity contribution in [2.75, 3.05) is 36.0 Å². The van der Waals surface area contributed by atoms with Gasteiger partial charge in [0.2, 0.25) is 0 Å². The molecule has 2 saturated heterocycles. The summed E-state index contributed by atoms with van der Waals surface area (Å²) >= 11 is 0. The highest BCUT2D eigenvalue weighted by Gasteiger charge is 2.41. The Kier molecular flexibility index (Phi) is 5.32. The molecule has 0 aliphatic carbocycles. The van der Waals surface area contributed by atoms with E-state index in [2.05, 4.69) is 9.80 Å². The molecule has 0 atom stereocenters. The average Bonchev–Trinajstić information content (AvgIpc) is 3.36. The first-order valence-corrected chi connectivity index (χ1v) is 10.9. The molecule has 0 radical (unpaired) electrons. The standard InChI is InChI=1S/C21H24F3N2P/c22-21(23,24)27(19-9-5-17(6-10-19)25-13-1-2-14-25)20-11-7-18(8-12-20)26-15-3-4-16-26/h5-12H,1-4,13-16H2. The van der Waals surface area contributed by atoms with E-state index in [1.165, 1.54) is 0 Å². The van der Waals surface area contributed by atoms with Crippen molar-refractivity contribution in [2.45, 2.75) is 31.6 Å². The van der Waals surface area contributed by atoms with Gasteiger partial charge in [-0.05, 0) is 60.6 Å². The van der Waals surface area contributed by atoms with Crippen molar-refractivity contribution in [1.29, 1.82) is 0 Å². The first-order valence-electron chi connectivity index (χ1n) is 9.59. The van der Waals surface area contributed by atoms with Crippen LogP contribution >= 0.6 is 7.92 Å². The third kappa shape index (κ3) is 4.08. The second-order valence-corrected chi connectivity index (χ2v) is 9.44. The van der Waals surface area contributed by atoms with E-state index in [4.69, 9.17) is 0 Å². The fourth-order valence-corrected chi connectivity index (χ4v) is 5.80. The molecule has 4 rings (SSSR count). The van der Waals surface area contributed by atoms with Gasteiger partial charge in [0.1, 0.15) is 0 Å². The third-order valence-electron chi connectivity index (χ3n) is 5.41. The summed E-state index contributed by atoms with van der Waals surface area (Å²) in [6.07, 6.45) is 4.61. The molecule has 2 aliphatic heterocycles. The van der Waals surface area contributed by atoms with Crippen molar-refractivity contribution in [1.82, 2.24) is 0 Å². The molecular formula is C21H24F3N2P. The molecule has 2 aromatic carbocycles. The Labute approximate surface area is 159 Å². The lowest BCUT2D eigenvalue weighted by Gasteiger charge is -2.24. The van der Waals surface area contributed by atoms with E-state index in [9.17, 15) is 13.2 Å². The van der Waals surface area contributed by atoms with E-state index in [1.54, 1.807) is 24.3 Å². The van der Waals surface area contributed by atoms with Crippen LogP contribution in [0.5, 0.6) is 0 Å². The zero-order valence-electron chi connectivity index (χ0n) is 15.3. The monoisotopic (exact) mass is 392 g/mol. The number of nitrogens with zero attached hydrogens (tertiary/aromatic N) is 2. The zero-order valence-corrected chi connectivity index (χ0v) is 16.1. The summed E-state index contributed by atoms with van der Waals surface area (Å²) in [5.41, 5.74) is 2.05. The Bertz CT molecular complexity index is 687. The average molecular weight is 392 g/mol. The molecule has 2 fully saturated rings. The normalized spacial score (nSPS) is 17.9. The largest absolute Gasteiger partial charge is 0.413 e. The van der Waals surface area contributed by atoms with Crippen molar-refractivity contribution in [2.24, 2.45) is 0 Å². The summed E-state index contributed by atoms with van der Waals surface area (Å²) in [7, 11) is -2.38. The summed E-state index contributed by atoms with van der Waals surface area (Å²) in [6.45, 7) is 3.97. The second kappa shape index (κ2) is 7.71. The number of hydrogen-bond acceptors (Lipinski definition) is 2. The highest BCUT2D eigenvalue weighted by atomic mass is 31.1. The number of benzene rings is 2. The topological polar surface area (TPSA) is 6.48 Å². The Morgan fingerprint density at radius 2 is 0.926 bits per heavy atom. The Morgan fingerprint density at radius 1 is 0.593 bits per heavy atom. The van der Waals surface area contributed by atoms with E-state index in [-0.39, 0.29) is 0 Å². The SMILES string of the molecule is FC(F)(F)P(c1ccc(N2CCCC2)cc1)c1ccc(N2CCCC2)cc1. The summed E-state index contributed by atoms with van der Waals surface area (Å²) in [4.78, 5) is 4.48. The van der Waals surface area contributed by atoms with Gasteiger partial charge in [-0.2, -0.15) is 13.2 Å². The maximum Gasteiger partial charge on any atom is 0.413 e. The first-order chi connectivity index (χ1) is 13.0. The van der Waals surface area contributed by atoms with Gasteiger partial charge in [0.25, 0.3) is 0 Å². The molecule has 2 nitrogen and oxygen atoms in total. The van der Waals surface area contributed by atoms with Crippen molar-refractivity contribution in [3.8, 4) is 0 Å².